The summed E-state index contributed by atoms with van der Waals surface area (Å²) in [7, 11) is -2.89. The largest absolute Gasteiger partial charge is 0.495 e. The maximum atomic E-state index is 14.6. The molecule has 0 unspecified atom stereocenters. The number of benzene rings is 4. The second-order valence-corrected chi connectivity index (χ2v) is 14.4. The molecule has 0 aliphatic carbocycles. The highest BCUT2D eigenvalue weighted by atomic mass is 79.9. The van der Waals surface area contributed by atoms with Crippen LogP contribution in [-0.2, 0) is 32.6 Å². The summed E-state index contributed by atoms with van der Waals surface area (Å²) in [5.74, 6) is -0.672. The van der Waals surface area contributed by atoms with Crippen molar-refractivity contribution >= 4 is 55.1 Å². The summed E-state index contributed by atoms with van der Waals surface area (Å²) >= 11 is 9.83. The predicted octanol–water partition coefficient (Wildman–Crippen LogP) is 7.17. The standard InChI is InChI=1S/C36H39BrClN3O5S/c1-4-5-21-39-36(43)33(22-27-9-7-6-8-10-27)40(24-28-13-15-29(37)16-14-28)35(42)25-41(32-23-30(38)17-20-34(32)46-3)47(44,45)31-18-11-26(2)12-19-31/h6-20,23,33H,4-5,21-22,24-25H2,1-3H3,(H,39,43)/t33-/m1/s1. The average Bonchev–Trinajstić information content (AvgIpc) is 3.06. The summed E-state index contributed by atoms with van der Waals surface area (Å²) in [5.41, 5.74) is 2.61. The van der Waals surface area contributed by atoms with Crippen LogP contribution in [-0.4, -0.2) is 51.4 Å². The third-order valence-electron chi connectivity index (χ3n) is 7.66. The molecule has 0 heterocycles. The maximum absolute atomic E-state index is 14.6. The van der Waals surface area contributed by atoms with Crippen molar-refractivity contribution in [1.82, 2.24) is 10.2 Å². The number of rotatable bonds is 15. The Balaban J connectivity index is 1.83. The lowest BCUT2D eigenvalue weighted by Gasteiger charge is -2.34. The number of sulfonamides is 1. The molecule has 1 N–H and O–H groups in total. The van der Waals surface area contributed by atoms with Crippen LogP contribution >= 0.6 is 27.5 Å². The first-order valence-electron chi connectivity index (χ1n) is 15.3. The summed E-state index contributed by atoms with van der Waals surface area (Å²) in [6.07, 6.45) is 1.90. The highest BCUT2D eigenvalue weighted by Gasteiger charge is 2.35. The van der Waals surface area contributed by atoms with Crippen LogP contribution in [0.4, 0.5) is 5.69 Å². The highest BCUT2D eigenvalue weighted by Crippen LogP contribution is 2.35. The van der Waals surface area contributed by atoms with Crippen molar-refractivity contribution in [3.05, 3.63) is 123 Å². The summed E-state index contributed by atoms with van der Waals surface area (Å²) < 4.78 is 36.0. The Morgan fingerprint density at radius 1 is 0.936 bits per heavy atom. The second-order valence-electron chi connectivity index (χ2n) is 11.1. The molecule has 0 saturated heterocycles. The molecule has 2 amide bonds. The Morgan fingerprint density at radius 2 is 1.62 bits per heavy atom. The number of nitrogens with zero attached hydrogens (tertiary/aromatic N) is 2. The smallest absolute Gasteiger partial charge is 0.264 e. The predicted molar refractivity (Wildman–Crippen MR) is 190 cm³/mol. The second kappa shape index (κ2) is 16.8. The number of nitrogens with one attached hydrogen (secondary N) is 1. The van der Waals surface area contributed by atoms with E-state index < -0.39 is 28.5 Å². The first kappa shape index (κ1) is 36.0. The van der Waals surface area contributed by atoms with Gasteiger partial charge in [-0.05, 0) is 66.9 Å². The number of unbranched alkanes of at least 4 members (excludes halogenated alkanes) is 1. The topological polar surface area (TPSA) is 96.0 Å². The van der Waals surface area contributed by atoms with Gasteiger partial charge in [0.25, 0.3) is 10.0 Å². The molecule has 0 aromatic heterocycles. The first-order chi connectivity index (χ1) is 22.5. The van der Waals surface area contributed by atoms with Gasteiger partial charge in [-0.25, -0.2) is 8.42 Å². The van der Waals surface area contributed by atoms with Gasteiger partial charge in [0.1, 0.15) is 18.3 Å². The third-order valence-corrected chi connectivity index (χ3v) is 10.2. The fourth-order valence-corrected chi connectivity index (χ4v) is 6.90. The quantitative estimate of drug-likeness (QED) is 0.131. The molecule has 1 atom stereocenters. The van der Waals surface area contributed by atoms with E-state index in [4.69, 9.17) is 16.3 Å². The van der Waals surface area contributed by atoms with Crippen LogP contribution in [0.5, 0.6) is 5.75 Å². The number of hydrogen-bond acceptors (Lipinski definition) is 5. The van der Waals surface area contributed by atoms with Gasteiger partial charge in [-0.2, -0.15) is 0 Å². The van der Waals surface area contributed by atoms with E-state index in [-0.39, 0.29) is 40.2 Å². The van der Waals surface area contributed by atoms with E-state index in [0.29, 0.717) is 6.54 Å². The zero-order valence-corrected chi connectivity index (χ0v) is 29.8. The fourth-order valence-electron chi connectivity index (χ4n) is 5.06. The lowest BCUT2D eigenvalue weighted by Crippen LogP contribution is -2.53. The number of amides is 2. The van der Waals surface area contributed by atoms with Crippen molar-refractivity contribution in [2.75, 3.05) is 24.5 Å². The molecule has 0 aliphatic heterocycles. The summed E-state index contributed by atoms with van der Waals surface area (Å²) in [6, 6.07) is 26.9. The first-order valence-corrected chi connectivity index (χ1v) is 17.9. The Bertz CT molecular complexity index is 1750. The maximum Gasteiger partial charge on any atom is 0.264 e. The van der Waals surface area contributed by atoms with Gasteiger partial charge in [-0.1, -0.05) is 101 Å². The van der Waals surface area contributed by atoms with Crippen LogP contribution in [0.1, 0.15) is 36.5 Å². The number of aryl methyl sites for hydroxylation is 1. The molecule has 248 valence electrons. The van der Waals surface area contributed by atoms with Crippen LogP contribution in [0.2, 0.25) is 5.02 Å². The molecule has 4 rings (SSSR count). The Hall–Kier alpha value is -3.86. The molecule has 8 nitrogen and oxygen atoms in total. The molecular formula is C36H39BrClN3O5S. The molecule has 11 heteroatoms. The van der Waals surface area contributed by atoms with E-state index >= 15 is 0 Å². The van der Waals surface area contributed by atoms with E-state index in [2.05, 4.69) is 21.2 Å². The van der Waals surface area contributed by atoms with E-state index in [9.17, 15) is 18.0 Å². The summed E-state index contributed by atoms with van der Waals surface area (Å²) in [4.78, 5) is 30.0. The van der Waals surface area contributed by atoms with E-state index in [1.54, 1.807) is 24.3 Å². The lowest BCUT2D eigenvalue weighted by atomic mass is 10.0. The fraction of sp³-hybridized carbons (Fsp3) is 0.278. The molecule has 0 aliphatic rings. The molecule has 0 fully saturated rings. The van der Waals surface area contributed by atoms with Crippen molar-refractivity contribution in [3.63, 3.8) is 0 Å². The van der Waals surface area contributed by atoms with Crippen LogP contribution < -0.4 is 14.4 Å². The molecular weight excluding hydrogens is 702 g/mol. The number of anilines is 1. The van der Waals surface area contributed by atoms with E-state index in [0.717, 1.165) is 38.3 Å². The monoisotopic (exact) mass is 739 g/mol. The molecule has 4 aromatic carbocycles. The number of hydrogen-bond donors (Lipinski definition) is 1. The van der Waals surface area contributed by atoms with Crippen molar-refractivity contribution in [2.24, 2.45) is 0 Å². The Labute approximate surface area is 290 Å². The van der Waals surface area contributed by atoms with Gasteiger partial charge >= 0.3 is 0 Å². The highest BCUT2D eigenvalue weighted by molar-refractivity contribution is 9.10. The molecule has 0 spiro atoms. The van der Waals surface area contributed by atoms with E-state index in [1.165, 1.54) is 30.2 Å². The zero-order valence-electron chi connectivity index (χ0n) is 26.7. The molecule has 0 bridgehead atoms. The molecule has 4 aromatic rings. The normalized spacial score (nSPS) is 11.9. The van der Waals surface area contributed by atoms with Crippen molar-refractivity contribution < 1.29 is 22.7 Å². The summed E-state index contributed by atoms with van der Waals surface area (Å²) in [5, 5.41) is 3.26. The van der Waals surface area contributed by atoms with E-state index in [1.807, 2.05) is 68.4 Å². The van der Waals surface area contributed by atoms with Gasteiger partial charge in [0.15, 0.2) is 0 Å². The van der Waals surface area contributed by atoms with Gasteiger partial charge in [0.2, 0.25) is 11.8 Å². The van der Waals surface area contributed by atoms with Crippen molar-refractivity contribution in [3.8, 4) is 5.75 Å². The lowest BCUT2D eigenvalue weighted by molar-refractivity contribution is -0.140. The van der Waals surface area contributed by atoms with Crippen molar-refractivity contribution in [1.29, 1.82) is 0 Å². The minimum atomic E-state index is -4.31. The summed E-state index contributed by atoms with van der Waals surface area (Å²) in [6.45, 7) is 3.79. The third kappa shape index (κ3) is 9.59. The van der Waals surface area contributed by atoms with Crippen LogP contribution in [0, 0.1) is 6.92 Å². The minimum absolute atomic E-state index is 0.00414. The van der Waals surface area contributed by atoms with Crippen LogP contribution in [0.3, 0.4) is 0 Å². The number of carbonyl (C=O) groups excluding carboxylic acids is 2. The van der Waals surface area contributed by atoms with Gasteiger partial charge in [-0.15, -0.1) is 0 Å². The molecule has 0 radical (unpaired) electrons. The van der Waals surface area contributed by atoms with Crippen LogP contribution in [0.15, 0.2) is 106 Å². The van der Waals surface area contributed by atoms with Gasteiger partial charge in [0.05, 0.1) is 17.7 Å². The van der Waals surface area contributed by atoms with Gasteiger partial charge < -0.3 is 15.0 Å². The zero-order chi connectivity index (χ0) is 34.0. The van der Waals surface area contributed by atoms with Gasteiger partial charge in [-0.3, -0.25) is 13.9 Å². The minimum Gasteiger partial charge on any atom is -0.495 e. The number of halogens is 2. The SMILES string of the molecule is CCCCNC(=O)[C@@H](Cc1ccccc1)N(Cc1ccc(Br)cc1)C(=O)CN(c1cc(Cl)ccc1OC)S(=O)(=O)c1ccc(C)cc1. The number of ether oxygens (including phenoxy) is 1. The van der Waals surface area contributed by atoms with Crippen LogP contribution in [0.25, 0.3) is 0 Å². The number of methoxy groups -OCH3 is 1. The van der Waals surface area contributed by atoms with Crippen molar-refractivity contribution in [2.45, 2.75) is 50.6 Å². The Morgan fingerprint density at radius 3 is 2.26 bits per heavy atom. The number of carbonyl (C=O) groups is 2. The Kier molecular flexibility index (Phi) is 12.9. The molecule has 0 saturated carbocycles. The molecule has 47 heavy (non-hydrogen) atoms. The van der Waals surface area contributed by atoms with Gasteiger partial charge in [0, 0.05) is 29.0 Å². The average molecular weight is 741 g/mol.